The van der Waals surface area contributed by atoms with Gasteiger partial charge in [0, 0.05) is 0 Å². The van der Waals surface area contributed by atoms with Crippen LogP contribution >= 0.6 is 11.8 Å². The molecule has 3 rings (SSSR count). The highest BCUT2D eigenvalue weighted by Crippen LogP contribution is 2.49. The van der Waals surface area contributed by atoms with Gasteiger partial charge in [0.2, 0.25) is 5.89 Å². The number of ether oxygens (including phenoxy) is 1. The van der Waals surface area contributed by atoms with E-state index >= 15 is 0 Å². The Balaban J connectivity index is 1.83. The third-order valence-corrected chi connectivity index (χ3v) is 4.77. The van der Waals surface area contributed by atoms with Gasteiger partial charge in [0.1, 0.15) is 5.41 Å². The summed E-state index contributed by atoms with van der Waals surface area (Å²) in [5, 5.41) is 4.34. The predicted octanol–water partition coefficient (Wildman–Crippen LogP) is 1.84. The fourth-order valence-electron chi connectivity index (χ4n) is 2.17. The minimum absolute atomic E-state index is 0.258. The van der Waals surface area contributed by atoms with Gasteiger partial charge in [0.25, 0.3) is 0 Å². The van der Waals surface area contributed by atoms with E-state index in [2.05, 4.69) is 10.1 Å². The van der Waals surface area contributed by atoms with Crippen molar-refractivity contribution in [2.45, 2.75) is 36.3 Å². The van der Waals surface area contributed by atoms with Crippen molar-refractivity contribution in [3.8, 4) is 0 Å². The summed E-state index contributed by atoms with van der Waals surface area (Å²) in [6.07, 6.45) is 3.79. The van der Waals surface area contributed by atoms with Crippen molar-refractivity contribution >= 4 is 17.7 Å². The van der Waals surface area contributed by atoms with Gasteiger partial charge in [-0.25, -0.2) is 0 Å². The molecule has 1 saturated carbocycles. The summed E-state index contributed by atoms with van der Waals surface area (Å²) in [4.78, 5) is 16.1. The van der Waals surface area contributed by atoms with Crippen LogP contribution in [-0.2, 0) is 14.9 Å². The summed E-state index contributed by atoms with van der Waals surface area (Å²) in [5.74, 6) is 2.06. The number of hydrogen-bond donors (Lipinski definition) is 0. The fraction of sp³-hybridized carbons (Fsp3) is 0.727. The van der Waals surface area contributed by atoms with Gasteiger partial charge in [-0.1, -0.05) is 5.16 Å². The third kappa shape index (κ3) is 1.74. The van der Waals surface area contributed by atoms with E-state index in [1.165, 1.54) is 13.5 Å². The van der Waals surface area contributed by atoms with Crippen LogP contribution in [0.25, 0.3) is 0 Å². The number of carbonyl (C=O) groups excluding carboxylic acids is 1. The normalized spacial score (nSPS) is 25.8. The number of nitrogens with zero attached hydrogens (tertiary/aromatic N) is 2. The SMILES string of the molecule is COC(=O)C1(c2nc(C3CCCS3)no2)CC1. The van der Waals surface area contributed by atoms with E-state index in [4.69, 9.17) is 9.26 Å². The zero-order valence-corrected chi connectivity index (χ0v) is 10.5. The highest BCUT2D eigenvalue weighted by molar-refractivity contribution is 7.99. The smallest absolute Gasteiger partial charge is 0.321 e. The molecule has 2 aliphatic rings. The minimum Gasteiger partial charge on any atom is -0.468 e. The average Bonchev–Trinajstić information content (AvgIpc) is 2.84. The number of carbonyl (C=O) groups is 1. The van der Waals surface area contributed by atoms with Gasteiger partial charge < -0.3 is 9.26 Å². The lowest BCUT2D eigenvalue weighted by Crippen LogP contribution is -2.22. The standard InChI is InChI=1S/C11H14N2O3S/c1-15-10(14)11(4-5-11)9-12-8(13-16-9)7-3-2-6-17-7/h7H,2-6H2,1H3. The Bertz CT molecular complexity index is 436. The molecule has 0 aromatic carbocycles. The highest BCUT2D eigenvalue weighted by Gasteiger charge is 2.57. The van der Waals surface area contributed by atoms with Gasteiger partial charge >= 0.3 is 5.97 Å². The summed E-state index contributed by atoms with van der Waals surface area (Å²) in [5.41, 5.74) is -0.636. The van der Waals surface area contributed by atoms with Crippen LogP contribution in [0.3, 0.4) is 0 Å². The first-order valence-electron chi connectivity index (χ1n) is 5.80. The summed E-state index contributed by atoms with van der Waals surface area (Å²) in [6, 6.07) is 0. The van der Waals surface area contributed by atoms with Crippen molar-refractivity contribution < 1.29 is 14.1 Å². The van der Waals surface area contributed by atoms with E-state index in [1.807, 2.05) is 11.8 Å². The maximum absolute atomic E-state index is 11.7. The summed E-state index contributed by atoms with van der Waals surface area (Å²) < 4.78 is 10.0. The van der Waals surface area contributed by atoms with Crippen LogP contribution in [0.1, 0.15) is 42.6 Å². The second-order valence-electron chi connectivity index (χ2n) is 4.53. The summed E-state index contributed by atoms with van der Waals surface area (Å²) >= 11 is 1.85. The minimum atomic E-state index is -0.636. The van der Waals surface area contributed by atoms with Gasteiger partial charge in [-0.05, 0) is 31.4 Å². The molecule has 5 nitrogen and oxygen atoms in total. The topological polar surface area (TPSA) is 65.2 Å². The Labute approximate surface area is 103 Å². The molecule has 2 fully saturated rings. The Kier molecular flexibility index (Phi) is 2.61. The van der Waals surface area contributed by atoms with E-state index in [9.17, 15) is 4.79 Å². The lowest BCUT2D eigenvalue weighted by Gasteiger charge is -2.06. The molecule has 1 aromatic heterocycles. The van der Waals surface area contributed by atoms with E-state index in [0.29, 0.717) is 11.1 Å². The maximum atomic E-state index is 11.7. The van der Waals surface area contributed by atoms with Crippen LogP contribution in [0.2, 0.25) is 0 Å². The van der Waals surface area contributed by atoms with Crippen molar-refractivity contribution in [3.05, 3.63) is 11.7 Å². The lowest BCUT2D eigenvalue weighted by molar-refractivity contribution is -0.144. The Morgan fingerprint density at radius 1 is 1.59 bits per heavy atom. The fourth-order valence-corrected chi connectivity index (χ4v) is 3.36. The van der Waals surface area contributed by atoms with E-state index in [1.54, 1.807) is 0 Å². The van der Waals surface area contributed by atoms with Gasteiger partial charge in [0.05, 0.1) is 12.4 Å². The first-order chi connectivity index (χ1) is 8.26. The zero-order chi connectivity index (χ0) is 11.9. The number of esters is 1. The largest absolute Gasteiger partial charge is 0.468 e. The number of hydrogen-bond acceptors (Lipinski definition) is 6. The molecule has 0 spiro atoms. The molecule has 1 saturated heterocycles. The van der Waals surface area contributed by atoms with Crippen molar-refractivity contribution in [1.29, 1.82) is 0 Å². The molecule has 1 aromatic rings. The molecule has 6 heteroatoms. The molecule has 0 bridgehead atoms. The molecule has 1 unspecified atom stereocenters. The predicted molar refractivity (Wildman–Crippen MR) is 61.7 cm³/mol. The van der Waals surface area contributed by atoms with Crippen LogP contribution in [-0.4, -0.2) is 29.0 Å². The number of thioether (sulfide) groups is 1. The molecular formula is C11H14N2O3S. The molecule has 0 radical (unpaired) electrons. The first kappa shape index (κ1) is 11.1. The maximum Gasteiger partial charge on any atom is 0.321 e. The number of aromatic nitrogens is 2. The Hall–Kier alpha value is -1.04. The van der Waals surface area contributed by atoms with Crippen molar-refractivity contribution in [2.75, 3.05) is 12.9 Å². The van der Waals surface area contributed by atoms with Crippen LogP contribution in [0, 0.1) is 0 Å². The van der Waals surface area contributed by atoms with Crippen molar-refractivity contribution in [1.82, 2.24) is 10.1 Å². The third-order valence-electron chi connectivity index (χ3n) is 3.39. The average molecular weight is 254 g/mol. The Morgan fingerprint density at radius 2 is 2.41 bits per heavy atom. The van der Waals surface area contributed by atoms with Crippen LogP contribution in [0.5, 0.6) is 0 Å². The molecule has 1 atom stereocenters. The number of rotatable bonds is 3. The summed E-state index contributed by atoms with van der Waals surface area (Å²) in [7, 11) is 1.40. The first-order valence-corrected chi connectivity index (χ1v) is 6.85. The van der Waals surface area contributed by atoms with Crippen LogP contribution < -0.4 is 0 Å². The zero-order valence-electron chi connectivity index (χ0n) is 9.64. The second kappa shape index (κ2) is 4.01. The van der Waals surface area contributed by atoms with E-state index in [-0.39, 0.29) is 5.97 Å². The quantitative estimate of drug-likeness (QED) is 0.767. The molecule has 0 N–H and O–H groups in total. The Morgan fingerprint density at radius 3 is 3.00 bits per heavy atom. The van der Waals surface area contributed by atoms with Gasteiger partial charge in [-0.15, -0.1) is 0 Å². The van der Waals surface area contributed by atoms with E-state index < -0.39 is 5.41 Å². The van der Waals surface area contributed by atoms with E-state index in [0.717, 1.165) is 30.8 Å². The molecule has 92 valence electrons. The molecule has 1 aliphatic heterocycles. The van der Waals surface area contributed by atoms with Crippen LogP contribution in [0.15, 0.2) is 4.52 Å². The second-order valence-corrected chi connectivity index (χ2v) is 5.84. The molecular weight excluding hydrogens is 240 g/mol. The molecule has 0 amide bonds. The van der Waals surface area contributed by atoms with Crippen molar-refractivity contribution in [2.24, 2.45) is 0 Å². The van der Waals surface area contributed by atoms with Crippen molar-refractivity contribution in [3.63, 3.8) is 0 Å². The molecule has 17 heavy (non-hydrogen) atoms. The number of methoxy groups -OCH3 is 1. The van der Waals surface area contributed by atoms with Gasteiger partial charge in [-0.2, -0.15) is 16.7 Å². The highest BCUT2D eigenvalue weighted by atomic mass is 32.2. The molecule has 2 heterocycles. The summed E-state index contributed by atoms with van der Waals surface area (Å²) in [6.45, 7) is 0. The van der Waals surface area contributed by atoms with Gasteiger partial charge in [0.15, 0.2) is 5.82 Å². The molecule has 1 aliphatic carbocycles. The lowest BCUT2D eigenvalue weighted by atomic mass is 10.1. The monoisotopic (exact) mass is 254 g/mol. The van der Waals surface area contributed by atoms with Gasteiger partial charge in [-0.3, -0.25) is 4.79 Å². The van der Waals surface area contributed by atoms with Crippen LogP contribution in [0.4, 0.5) is 0 Å².